The first-order valence-electron chi connectivity index (χ1n) is 6.93. The highest BCUT2D eigenvalue weighted by Crippen LogP contribution is 2.24. The fourth-order valence-corrected chi connectivity index (χ4v) is 2.79. The van der Waals surface area contributed by atoms with Crippen LogP contribution in [-0.2, 0) is 0 Å². The molecule has 0 unspecified atom stereocenters. The third-order valence-electron chi connectivity index (χ3n) is 3.57. The van der Waals surface area contributed by atoms with Crippen molar-refractivity contribution in [3.63, 3.8) is 0 Å². The van der Waals surface area contributed by atoms with Crippen molar-refractivity contribution < 1.29 is 14.3 Å². The van der Waals surface area contributed by atoms with Crippen molar-refractivity contribution in [3.05, 3.63) is 63.2 Å². The predicted octanol–water partition coefficient (Wildman–Crippen LogP) is 3.35. The maximum atomic E-state index is 12.4. The number of benzene rings is 2. The summed E-state index contributed by atoms with van der Waals surface area (Å²) < 4.78 is 6.80. The van der Waals surface area contributed by atoms with Crippen LogP contribution in [0, 0.1) is 3.57 Å². The van der Waals surface area contributed by atoms with E-state index in [0.29, 0.717) is 11.1 Å². The first kappa shape index (κ1) is 15.0. The Labute approximate surface area is 142 Å². The lowest BCUT2D eigenvalue weighted by atomic mass is 10.1. The number of imide groups is 1. The highest BCUT2D eigenvalue weighted by atomic mass is 127. The Morgan fingerprint density at radius 3 is 2.09 bits per heavy atom. The van der Waals surface area contributed by atoms with E-state index < -0.39 is 0 Å². The van der Waals surface area contributed by atoms with Gasteiger partial charge in [-0.2, -0.15) is 0 Å². The number of ether oxygens (including phenoxy) is 1. The Kier molecular flexibility index (Phi) is 4.15. The van der Waals surface area contributed by atoms with Gasteiger partial charge < -0.3 is 4.74 Å². The third kappa shape index (κ3) is 2.72. The number of carbonyl (C=O) groups excluding carboxylic acids is 2. The van der Waals surface area contributed by atoms with Crippen molar-refractivity contribution in [3.8, 4) is 5.75 Å². The smallest absolute Gasteiger partial charge is 0.261 e. The number of halogens is 1. The molecule has 0 radical (unpaired) electrons. The molecule has 0 aromatic heterocycles. The Bertz CT molecular complexity index is 692. The quantitative estimate of drug-likeness (QED) is 0.577. The molecular weight excluding hydrogens is 393 g/mol. The van der Waals surface area contributed by atoms with Crippen LogP contribution in [0.25, 0.3) is 0 Å². The zero-order valence-corrected chi connectivity index (χ0v) is 14.1. The van der Waals surface area contributed by atoms with Gasteiger partial charge >= 0.3 is 0 Å². The lowest BCUT2D eigenvalue weighted by Gasteiger charge is -2.22. The molecule has 2 aromatic rings. The molecule has 5 heteroatoms. The lowest BCUT2D eigenvalue weighted by molar-refractivity contribution is 0.0551. The van der Waals surface area contributed by atoms with Crippen LogP contribution in [0.2, 0.25) is 0 Å². The molecule has 0 N–H and O–H groups in total. The summed E-state index contributed by atoms with van der Waals surface area (Å²) in [4.78, 5) is 26.0. The van der Waals surface area contributed by atoms with E-state index in [9.17, 15) is 9.59 Å². The molecule has 2 amide bonds. The maximum Gasteiger partial charge on any atom is 0.261 e. The number of nitrogens with zero attached hydrogens (tertiary/aromatic N) is 1. The van der Waals surface area contributed by atoms with Crippen LogP contribution < -0.4 is 4.74 Å². The van der Waals surface area contributed by atoms with Crippen LogP contribution >= 0.6 is 22.6 Å². The van der Waals surface area contributed by atoms with E-state index in [1.165, 1.54) is 4.90 Å². The summed E-state index contributed by atoms with van der Waals surface area (Å²) in [6.07, 6.45) is 0. The number of hydrogen-bond acceptors (Lipinski definition) is 3. The minimum Gasteiger partial charge on any atom is -0.491 e. The third-order valence-corrected chi connectivity index (χ3v) is 4.29. The second-order valence-electron chi connectivity index (χ2n) is 5.14. The molecule has 22 heavy (non-hydrogen) atoms. The largest absolute Gasteiger partial charge is 0.491 e. The van der Waals surface area contributed by atoms with Crippen molar-refractivity contribution in [1.29, 1.82) is 0 Å². The molecule has 0 saturated heterocycles. The topological polar surface area (TPSA) is 46.6 Å². The van der Waals surface area contributed by atoms with E-state index in [1.54, 1.807) is 24.3 Å². The summed E-state index contributed by atoms with van der Waals surface area (Å²) in [6, 6.07) is 14.2. The monoisotopic (exact) mass is 407 g/mol. The van der Waals surface area contributed by atoms with Crippen molar-refractivity contribution in [2.45, 2.75) is 13.0 Å². The number of carbonyl (C=O) groups is 2. The Morgan fingerprint density at radius 1 is 1.00 bits per heavy atom. The average Bonchev–Trinajstić information content (AvgIpc) is 2.79. The predicted molar refractivity (Wildman–Crippen MR) is 91.1 cm³/mol. The summed E-state index contributed by atoms with van der Waals surface area (Å²) in [5.41, 5.74) is 0.933. The van der Waals surface area contributed by atoms with Crippen LogP contribution in [0.3, 0.4) is 0 Å². The van der Waals surface area contributed by atoms with Crippen molar-refractivity contribution >= 4 is 34.4 Å². The molecule has 3 rings (SSSR count). The van der Waals surface area contributed by atoms with Crippen molar-refractivity contribution in [2.75, 3.05) is 6.61 Å². The fourth-order valence-electron chi connectivity index (χ4n) is 2.43. The summed E-state index contributed by atoms with van der Waals surface area (Å²) in [5, 5.41) is 0. The normalized spacial score (nSPS) is 14.9. The first-order valence-corrected chi connectivity index (χ1v) is 8.01. The van der Waals surface area contributed by atoms with Gasteiger partial charge in [-0.3, -0.25) is 14.5 Å². The number of rotatable bonds is 4. The fraction of sp³-hybridized carbons (Fsp3) is 0.176. The van der Waals surface area contributed by atoms with Gasteiger partial charge in [-0.15, -0.1) is 0 Å². The van der Waals surface area contributed by atoms with Crippen LogP contribution in [-0.4, -0.2) is 29.4 Å². The molecule has 0 bridgehead atoms. The number of amides is 2. The number of hydrogen-bond donors (Lipinski definition) is 0. The van der Waals surface area contributed by atoms with E-state index in [2.05, 4.69) is 22.6 Å². The average molecular weight is 407 g/mol. The molecule has 1 heterocycles. The summed E-state index contributed by atoms with van der Waals surface area (Å²) >= 11 is 2.22. The van der Waals surface area contributed by atoms with Crippen LogP contribution in [0.5, 0.6) is 5.75 Å². The summed E-state index contributed by atoms with van der Waals surface area (Å²) in [6.45, 7) is 2.08. The minimum absolute atomic E-state index is 0.251. The lowest BCUT2D eigenvalue weighted by Crippen LogP contribution is -2.41. The van der Waals surface area contributed by atoms with Gasteiger partial charge in [0.15, 0.2) is 0 Å². The standard InChI is InChI=1S/C17H14INO3/c1-11(10-22-13-8-6-12(18)7-9-13)19-16(20)14-4-2-3-5-15(14)17(19)21/h2-9,11H,10H2,1H3/t11-/m0/s1. The number of fused-ring (bicyclic) bond motifs is 1. The molecule has 0 spiro atoms. The molecule has 2 aromatic carbocycles. The van der Waals surface area contributed by atoms with Crippen molar-refractivity contribution in [1.82, 2.24) is 4.90 Å². The van der Waals surface area contributed by atoms with Crippen LogP contribution in [0.4, 0.5) is 0 Å². The van der Waals surface area contributed by atoms with Gasteiger partial charge in [0.05, 0.1) is 17.2 Å². The molecular formula is C17H14INO3. The Balaban J connectivity index is 1.71. The van der Waals surface area contributed by atoms with E-state index in [1.807, 2.05) is 31.2 Å². The highest BCUT2D eigenvalue weighted by Gasteiger charge is 2.38. The molecule has 0 aliphatic carbocycles. The molecule has 0 fully saturated rings. The molecule has 1 aliphatic rings. The minimum atomic E-state index is -0.327. The Morgan fingerprint density at radius 2 is 1.55 bits per heavy atom. The van der Waals surface area contributed by atoms with Gasteiger partial charge in [-0.1, -0.05) is 12.1 Å². The molecule has 1 atom stereocenters. The SMILES string of the molecule is C[C@@H](COc1ccc(I)cc1)N1C(=O)c2ccccc2C1=O. The van der Waals surface area contributed by atoms with Crippen molar-refractivity contribution in [2.24, 2.45) is 0 Å². The van der Waals surface area contributed by atoms with Gasteiger partial charge in [0.25, 0.3) is 11.8 Å². The van der Waals surface area contributed by atoms with E-state index in [-0.39, 0.29) is 24.5 Å². The molecule has 4 nitrogen and oxygen atoms in total. The summed E-state index contributed by atoms with van der Waals surface area (Å²) in [7, 11) is 0. The zero-order chi connectivity index (χ0) is 15.7. The second kappa shape index (κ2) is 6.08. The van der Waals surface area contributed by atoms with E-state index in [0.717, 1.165) is 9.32 Å². The summed E-state index contributed by atoms with van der Waals surface area (Å²) in [5.74, 6) is 0.225. The van der Waals surface area contributed by atoms with Crippen LogP contribution in [0.15, 0.2) is 48.5 Å². The van der Waals surface area contributed by atoms with Gasteiger partial charge in [0.2, 0.25) is 0 Å². The van der Waals surface area contributed by atoms with E-state index in [4.69, 9.17) is 4.74 Å². The van der Waals surface area contributed by atoms with Gasteiger partial charge in [0, 0.05) is 3.57 Å². The second-order valence-corrected chi connectivity index (χ2v) is 6.39. The van der Waals surface area contributed by atoms with Gasteiger partial charge in [-0.25, -0.2) is 0 Å². The maximum absolute atomic E-state index is 12.4. The highest BCUT2D eigenvalue weighted by molar-refractivity contribution is 14.1. The molecule has 0 saturated carbocycles. The van der Waals surface area contributed by atoms with Gasteiger partial charge in [-0.05, 0) is 65.9 Å². The molecule has 1 aliphatic heterocycles. The first-order chi connectivity index (χ1) is 10.6. The Hall–Kier alpha value is -1.89. The van der Waals surface area contributed by atoms with E-state index >= 15 is 0 Å². The van der Waals surface area contributed by atoms with Crippen LogP contribution in [0.1, 0.15) is 27.6 Å². The molecule has 112 valence electrons. The zero-order valence-electron chi connectivity index (χ0n) is 12.0. The van der Waals surface area contributed by atoms with Gasteiger partial charge in [0.1, 0.15) is 12.4 Å².